The monoisotopic (exact) mass is 296 g/mol. The van der Waals surface area contributed by atoms with E-state index in [0.29, 0.717) is 25.7 Å². The third-order valence-electron chi connectivity index (χ3n) is 4.22. The smallest absolute Gasteiger partial charge is 0.330 e. The Kier molecular flexibility index (Phi) is 5.56. The Bertz CT molecular complexity index is 417. The molecule has 0 radical (unpaired) electrons. The molecule has 6 atom stereocenters. The summed E-state index contributed by atoms with van der Waals surface area (Å²) in [5, 5.41) is 29.9. The minimum atomic E-state index is -0.787. The van der Waals surface area contributed by atoms with Crippen molar-refractivity contribution in [2.45, 2.75) is 57.0 Å². The van der Waals surface area contributed by atoms with Crippen molar-refractivity contribution in [3.63, 3.8) is 0 Å². The third-order valence-corrected chi connectivity index (χ3v) is 4.22. The molecule has 118 valence electrons. The first kappa shape index (κ1) is 16.2. The van der Waals surface area contributed by atoms with Crippen LogP contribution in [0.3, 0.4) is 0 Å². The van der Waals surface area contributed by atoms with Crippen LogP contribution in [0, 0.1) is 11.8 Å². The first-order chi connectivity index (χ1) is 9.95. The van der Waals surface area contributed by atoms with Gasteiger partial charge in [0.05, 0.1) is 18.3 Å². The lowest BCUT2D eigenvalue weighted by Gasteiger charge is -2.19. The quantitative estimate of drug-likeness (QED) is 0.457. The lowest BCUT2D eigenvalue weighted by molar-refractivity contribution is -0.143. The summed E-state index contributed by atoms with van der Waals surface area (Å²) in [6.45, 7) is 1.74. The van der Waals surface area contributed by atoms with Gasteiger partial charge in [0.1, 0.15) is 6.10 Å². The van der Waals surface area contributed by atoms with Gasteiger partial charge in [0.15, 0.2) is 0 Å². The Morgan fingerprint density at radius 2 is 1.86 bits per heavy atom. The number of cyclic esters (lactones) is 1. The Morgan fingerprint density at radius 3 is 2.62 bits per heavy atom. The van der Waals surface area contributed by atoms with E-state index in [1.165, 1.54) is 12.2 Å². The van der Waals surface area contributed by atoms with Gasteiger partial charge in [-0.15, -0.1) is 0 Å². The zero-order valence-electron chi connectivity index (χ0n) is 12.3. The van der Waals surface area contributed by atoms with Crippen LogP contribution in [-0.4, -0.2) is 45.7 Å². The minimum absolute atomic E-state index is 0.0565. The van der Waals surface area contributed by atoms with Gasteiger partial charge in [-0.05, 0) is 44.1 Å². The number of ether oxygens (including phenoxy) is 1. The summed E-state index contributed by atoms with van der Waals surface area (Å²) in [5.74, 6) is -0.576. The van der Waals surface area contributed by atoms with Crippen molar-refractivity contribution in [3.8, 4) is 0 Å². The van der Waals surface area contributed by atoms with Crippen molar-refractivity contribution in [1.82, 2.24) is 0 Å². The van der Waals surface area contributed by atoms with Crippen LogP contribution in [0.5, 0.6) is 0 Å². The summed E-state index contributed by atoms with van der Waals surface area (Å²) in [6.07, 6.45) is 6.33. The summed E-state index contributed by atoms with van der Waals surface area (Å²) in [7, 11) is 0. The SMILES string of the molecule is CC1CC(O)CC=CC2CC(O)CC2C(O)C=CC(=O)O1. The standard InChI is InChI=1S/C16H24O5/c1-10-7-12(17)4-2-3-11-8-13(18)9-14(11)15(19)5-6-16(20)21-10/h2-3,5-6,10-15,17-19H,4,7-9H2,1H3. The lowest BCUT2D eigenvalue weighted by atomic mass is 9.89. The molecule has 2 aliphatic rings. The van der Waals surface area contributed by atoms with Gasteiger partial charge >= 0.3 is 5.97 Å². The molecule has 0 aromatic heterocycles. The van der Waals surface area contributed by atoms with E-state index in [1.807, 2.05) is 12.2 Å². The molecular weight excluding hydrogens is 272 g/mol. The number of fused-ring (bicyclic) bond motifs is 1. The maximum absolute atomic E-state index is 11.6. The van der Waals surface area contributed by atoms with Crippen LogP contribution in [0.15, 0.2) is 24.3 Å². The molecule has 2 rings (SSSR count). The molecular formula is C16H24O5. The number of rotatable bonds is 0. The lowest BCUT2D eigenvalue weighted by Crippen LogP contribution is -2.22. The van der Waals surface area contributed by atoms with Crippen LogP contribution < -0.4 is 0 Å². The van der Waals surface area contributed by atoms with Crippen LogP contribution in [-0.2, 0) is 9.53 Å². The molecule has 1 aliphatic carbocycles. The Balaban J connectivity index is 2.15. The van der Waals surface area contributed by atoms with Gasteiger partial charge in [0, 0.05) is 12.5 Å². The maximum Gasteiger partial charge on any atom is 0.330 e. The number of aliphatic hydroxyl groups excluding tert-OH is 3. The second-order valence-corrected chi connectivity index (χ2v) is 6.10. The molecule has 1 fully saturated rings. The molecule has 0 amide bonds. The minimum Gasteiger partial charge on any atom is -0.459 e. The van der Waals surface area contributed by atoms with E-state index in [-0.39, 0.29) is 17.9 Å². The predicted octanol–water partition coefficient (Wildman–Crippen LogP) is 0.933. The average Bonchev–Trinajstić information content (AvgIpc) is 2.76. The van der Waals surface area contributed by atoms with Crippen LogP contribution in [0.2, 0.25) is 0 Å². The van der Waals surface area contributed by atoms with Crippen molar-refractivity contribution < 1.29 is 24.9 Å². The third kappa shape index (κ3) is 4.66. The first-order valence-electron chi connectivity index (χ1n) is 7.55. The van der Waals surface area contributed by atoms with Gasteiger partial charge in [-0.1, -0.05) is 12.2 Å². The highest BCUT2D eigenvalue weighted by Gasteiger charge is 2.35. The Hall–Kier alpha value is -1.17. The highest BCUT2D eigenvalue weighted by Crippen LogP contribution is 2.36. The molecule has 0 bridgehead atoms. The van der Waals surface area contributed by atoms with Crippen LogP contribution in [0.25, 0.3) is 0 Å². The summed E-state index contributed by atoms with van der Waals surface area (Å²) >= 11 is 0. The molecule has 1 heterocycles. The molecule has 6 unspecified atom stereocenters. The van der Waals surface area contributed by atoms with Crippen molar-refractivity contribution >= 4 is 5.97 Å². The predicted molar refractivity (Wildman–Crippen MR) is 77.3 cm³/mol. The molecule has 0 spiro atoms. The normalized spacial score (nSPS) is 41.6. The second-order valence-electron chi connectivity index (χ2n) is 6.10. The number of allylic oxidation sites excluding steroid dienone is 1. The van der Waals surface area contributed by atoms with Crippen molar-refractivity contribution in [2.75, 3.05) is 0 Å². The van der Waals surface area contributed by atoms with E-state index < -0.39 is 24.3 Å². The molecule has 5 heteroatoms. The molecule has 0 saturated heterocycles. The van der Waals surface area contributed by atoms with Crippen molar-refractivity contribution in [1.29, 1.82) is 0 Å². The summed E-state index contributed by atoms with van der Waals surface area (Å²) in [5.41, 5.74) is 0. The number of hydrogen-bond acceptors (Lipinski definition) is 5. The molecule has 1 aliphatic heterocycles. The van der Waals surface area contributed by atoms with Gasteiger partial charge in [0.2, 0.25) is 0 Å². The highest BCUT2D eigenvalue weighted by atomic mass is 16.5. The second kappa shape index (κ2) is 7.20. The molecule has 1 saturated carbocycles. The first-order valence-corrected chi connectivity index (χ1v) is 7.55. The topological polar surface area (TPSA) is 87.0 Å². The summed E-state index contributed by atoms with van der Waals surface area (Å²) < 4.78 is 5.14. The molecule has 5 nitrogen and oxygen atoms in total. The number of aliphatic hydroxyl groups is 3. The van der Waals surface area contributed by atoms with Crippen molar-refractivity contribution in [2.24, 2.45) is 11.8 Å². The van der Waals surface area contributed by atoms with Crippen LogP contribution in [0.1, 0.15) is 32.6 Å². The fourth-order valence-corrected chi connectivity index (χ4v) is 3.18. The maximum atomic E-state index is 11.6. The van der Waals surface area contributed by atoms with E-state index in [0.717, 1.165) is 0 Å². The van der Waals surface area contributed by atoms with Crippen LogP contribution >= 0.6 is 0 Å². The fraction of sp³-hybridized carbons (Fsp3) is 0.688. The largest absolute Gasteiger partial charge is 0.459 e. The molecule has 21 heavy (non-hydrogen) atoms. The zero-order chi connectivity index (χ0) is 15.4. The number of esters is 1. The van der Waals surface area contributed by atoms with Crippen molar-refractivity contribution in [3.05, 3.63) is 24.3 Å². The summed E-state index contributed by atoms with van der Waals surface area (Å²) in [4.78, 5) is 11.6. The highest BCUT2D eigenvalue weighted by molar-refractivity contribution is 5.82. The van der Waals surface area contributed by atoms with Gasteiger partial charge in [-0.2, -0.15) is 0 Å². The molecule has 0 aromatic carbocycles. The molecule has 3 N–H and O–H groups in total. The Labute approximate surface area is 124 Å². The Morgan fingerprint density at radius 1 is 1.10 bits per heavy atom. The average molecular weight is 296 g/mol. The van der Waals surface area contributed by atoms with Gasteiger partial charge in [0.25, 0.3) is 0 Å². The zero-order valence-corrected chi connectivity index (χ0v) is 12.3. The van der Waals surface area contributed by atoms with Crippen LogP contribution in [0.4, 0.5) is 0 Å². The van der Waals surface area contributed by atoms with E-state index in [4.69, 9.17) is 4.74 Å². The number of carbonyl (C=O) groups excluding carboxylic acids is 1. The van der Waals surface area contributed by atoms with E-state index in [1.54, 1.807) is 6.92 Å². The van der Waals surface area contributed by atoms with E-state index in [9.17, 15) is 20.1 Å². The van der Waals surface area contributed by atoms with E-state index in [2.05, 4.69) is 0 Å². The van der Waals surface area contributed by atoms with E-state index >= 15 is 0 Å². The summed E-state index contributed by atoms with van der Waals surface area (Å²) in [6, 6.07) is 0. The number of hydrogen-bond donors (Lipinski definition) is 3. The molecule has 0 aromatic rings. The fourth-order valence-electron chi connectivity index (χ4n) is 3.18. The number of carbonyl (C=O) groups is 1. The van der Waals surface area contributed by atoms with Gasteiger partial charge < -0.3 is 20.1 Å². The van der Waals surface area contributed by atoms with Gasteiger partial charge in [-0.3, -0.25) is 0 Å². The van der Waals surface area contributed by atoms with Gasteiger partial charge in [-0.25, -0.2) is 4.79 Å².